The minimum Gasteiger partial charge on any atom is -0.352 e. The molecule has 4 nitrogen and oxygen atoms in total. The van der Waals surface area contributed by atoms with Gasteiger partial charge in [-0.25, -0.2) is 0 Å². The molecule has 2 heterocycles. The van der Waals surface area contributed by atoms with E-state index in [0.29, 0.717) is 0 Å². The SMILES string of the molecule is CC1CCN(Cc2cccc(CNC3=NCCN3C)c2)CC1. The Kier molecular flexibility index (Phi) is 4.98. The van der Waals surface area contributed by atoms with E-state index in [9.17, 15) is 0 Å². The Hall–Kier alpha value is -1.55. The summed E-state index contributed by atoms with van der Waals surface area (Å²) < 4.78 is 0. The van der Waals surface area contributed by atoms with E-state index in [-0.39, 0.29) is 0 Å². The number of benzene rings is 1. The van der Waals surface area contributed by atoms with Crippen LogP contribution in [0.25, 0.3) is 0 Å². The third-order valence-corrected chi connectivity index (χ3v) is 4.78. The first-order chi connectivity index (χ1) is 10.7. The summed E-state index contributed by atoms with van der Waals surface area (Å²) in [5.74, 6) is 1.92. The molecule has 2 aliphatic heterocycles. The highest BCUT2D eigenvalue weighted by molar-refractivity contribution is 5.81. The highest BCUT2D eigenvalue weighted by Gasteiger charge is 2.16. The van der Waals surface area contributed by atoms with Crippen molar-refractivity contribution in [1.29, 1.82) is 0 Å². The zero-order chi connectivity index (χ0) is 15.4. The van der Waals surface area contributed by atoms with E-state index in [1.54, 1.807) is 0 Å². The molecule has 0 atom stereocenters. The molecule has 0 radical (unpaired) electrons. The Morgan fingerprint density at radius 2 is 1.95 bits per heavy atom. The summed E-state index contributed by atoms with van der Waals surface area (Å²) in [5.41, 5.74) is 2.77. The van der Waals surface area contributed by atoms with Crippen molar-refractivity contribution in [3.63, 3.8) is 0 Å². The normalized spacial score (nSPS) is 20.3. The van der Waals surface area contributed by atoms with E-state index in [4.69, 9.17) is 0 Å². The van der Waals surface area contributed by atoms with Crippen LogP contribution < -0.4 is 5.32 Å². The third-order valence-electron chi connectivity index (χ3n) is 4.78. The zero-order valence-electron chi connectivity index (χ0n) is 13.9. The van der Waals surface area contributed by atoms with E-state index < -0.39 is 0 Å². The van der Waals surface area contributed by atoms with Crippen LogP contribution in [0.1, 0.15) is 30.9 Å². The topological polar surface area (TPSA) is 30.9 Å². The Balaban J connectivity index is 1.53. The van der Waals surface area contributed by atoms with Crippen LogP contribution in [-0.2, 0) is 13.1 Å². The number of likely N-dealkylation sites (N-methyl/N-ethyl adjacent to an activating group) is 1. The maximum absolute atomic E-state index is 4.48. The average molecular weight is 300 g/mol. The van der Waals surface area contributed by atoms with Crippen LogP contribution in [-0.4, -0.2) is 49.0 Å². The molecule has 120 valence electrons. The number of aliphatic imine (C=N–C) groups is 1. The van der Waals surface area contributed by atoms with Crippen molar-refractivity contribution in [3.8, 4) is 0 Å². The average Bonchev–Trinajstić information content (AvgIpc) is 2.93. The molecule has 0 aromatic heterocycles. The second-order valence-electron chi connectivity index (χ2n) is 6.76. The van der Waals surface area contributed by atoms with Gasteiger partial charge in [0.2, 0.25) is 0 Å². The van der Waals surface area contributed by atoms with Gasteiger partial charge in [-0.15, -0.1) is 0 Å². The first-order valence-electron chi connectivity index (χ1n) is 8.50. The lowest BCUT2D eigenvalue weighted by Gasteiger charge is -2.30. The van der Waals surface area contributed by atoms with Gasteiger partial charge in [0.15, 0.2) is 5.96 Å². The van der Waals surface area contributed by atoms with Crippen LogP contribution in [0.4, 0.5) is 0 Å². The molecular weight excluding hydrogens is 272 g/mol. The van der Waals surface area contributed by atoms with Crippen LogP contribution >= 0.6 is 0 Å². The van der Waals surface area contributed by atoms with Crippen LogP contribution in [0.15, 0.2) is 29.3 Å². The number of piperidine rings is 1. The minimum absolute atomic E-state index is 0.855. The lowest BCUT2D eigenvalue weighted by Crippen LogP contribution is -2.35. The van der Waals surface area contributed by atoms with E-state index >= 15 is 0 Å². The smallest absolute Gasteiger partial charge is 0.194 e. The zero-order valence-corrected chi connectivity index (χ0v) is 13.9. The van der Waals surface area contributed by atoms with Crippen molar-refractivity contribution >= 4 is 5.96 Å². The number of likely N-dealkylation sites (tertiary alicyclic amines) is 1. The molecule has 4 heteroatoms. The van der Waals surface area contributed by atoms with Crippen molar-refractivity contribution in [1.82, 2.24) is 15.1 Å². The molecule has 1 fully saturated rings. The Bertz CT molecular complexity index is 518. The molecule has 0 unspecified atom stereocenters. The summed E-state index contributed by atoms with van der Waals surface area (Å²) in [6, 6.07) is 8.96. The molecule has 1 saturated heterocycles. The molecule has 0 spiro atoms. The van der Waals surface area contributed by atoms with Gasteiger partial charge in [-0.3, -0.25) is 9.89 Å². The highest BCUT2D eigenvalue weighted by atomic mass is 15.3. The van der Waals surface area contributed by atoms with Crippen molar-refractivity contribution in [3.05, 3.63) is 35.4 Å². The number of nitrogens with one attached hydrogen (secondary N) is 1. The third kappa shape index (κ3) is 4.01. The Morgan fingerprint density at radius 3 is 2.68 bits per heavy atom. The molecule has 0 amide bonds. The van der Waals surface area contributed by atoms with Gasteiger partial charge in [0.05, 0.1) is 6.54 Å². The Morgan fingerprint density at radius 1 is 1.18 bits per heavy atom. The van der Waals surface area contributed by atoms with Gasteiger partial charge in [0, 0.05) is 26.7 Å². The molecule has 22 heavy (non-hydrogen) atoms. The van der Waals surface area contributed by atoms with Gasteiger partial charge in [-0.05, 0) is 43.0 Å². The highest BCUT2D eigenvalue weighted by Crippen LogP contribution is 2.18. The maximum Gasteiger partial charge on any atom is 0.194 e. The predicted molar refractivity (Wildman–Crippen MR) is 91.9 cm³/mol. The first kappa shape index (κ1) is 15.3. The van der Waals surface area contributed by atoms with Gasteiger partial charge in [0.1, 0.15) is 0 Å². The number of nitrogens with zero attached hydrogens (tertiary/aromatic N) is 3. The summed E-state index contributed by atoms with van der Waals surface area (Å²) in [5, 5.41) is 3.45. The Labute approximate surface area is 134 Å². The molecular formula is C18H28N4. The van der Waals surface area contributed by atoms with Crippen molar-refractivity contribution in [2.24, 2.45) is 10.9 Å². The molecule has 2 aliphatic rings. The number of rotatable bonds is 4. The number of guanidine groups is 1. The van der Waals surface area contributed by atoms with Crippen molar-refractivity contribution in [2.45, 2.75) is 32.9 Å². The first-order valence-corrected chi connectivity index (χ1v) is 8.50. The lowest BCUT2D eigenvalue weighted by atomic mass is 9.98. The van der Waals surface area contributed by atoms with E-state index in [0.717, 1.165) is 38.1 Å². The van der Waals surface area contributed by atoms with E-state index in [1.165, 1.54) is 37.1 Å². The molecule has 1 aromatic rings. The van der Waals surface area contributed by atoms with Crippen LogP contribution in [0.2, 0.25) is 0 Å². The molecule has 1 aromatic carbocycles. The van der Waals surface area contributed by atoms with Gasteiger partial charge in [-0.2, -0.15) is 0 Å². The summed E-state index contributed by atoms with van der Waals surface area (Å²) >= 11 is 0. The molecule has 0 bridgehead atoms. The summed E-state index contributed by atoms with van der Waals surface area (Å²) in [4.78, 5) is 9.24. The van der Waals surface area contributed by atoms with E-state index in [1.807, 2.05) is 0 Å². The standard InChI is InChI=1S/C18H28N4/c1-15-6-9-22(10-7-15)14-17-5-3-4-16(12-17)13-20-18-19-8-11-21(18)2/h3-5,12,15H,6-11,13-14H2,1-2H3,(H,19,20). The van der Waals surface area contributed by atoms with Gasteiger partial charge in [-0.1, -0.05) is 31.2 Å². The maximum atomic E-state index is 4.48. The van der Waals surface area contributed by atoms with E-state index in [2.05, 4.69) is 58.3 Å². The fourth-order valence-corrected chi connectivity index (χ4v) is 3.22. The molecule has 3 rings (SSSR count). The van der Waals surface area contributed by atoms with Crippen molar-refractivity contribution < 1.29 is 0 Å². The second-order valence-corrected chi connectivity index (χ2v) is 6.76. The lowest BCUT2D eigenvalue weighted by molar-refractivity contribution is 0.185. The van der Waals surface area contributed by atoms with Crippen molar-refractivity contribution in [2.75, 3.05) is 33.2 Å². The van der Waals surface area contributed by atoms with Gasteiger partial charge < -0.3 is 10.2 Å². The molecule has 0 aliphatic carbocycles. The van der Waals surface area contributed by atoms with Gasteiger partial charge in [0.25, 0.3) is 0 Å². The summed E-state index contributed by atoms with van der Waals surface area (Å²) in [6.07, 6.45) is 2.68. The monoisotopic (exact) mass is 300 g/mol. The summed E-state index contributed by atoms with van der Waals surface area (Å²) in [7, 11) is 2.09. The second kappa shape index (κ2) is 7.14. The largest absolute Gasteiger partial charge is 0.352 e. The predicted octanol–water partition coefficient (Wildman–Crippen LogP) is 2.31. The number of hydrogen-bond donors (Lipinski definition) is 1. The van der Waals surface area contributed by atoms with Crippen LogP contribution in [0.3, 0.4) is 0 Å². The number of hydrogen-bond acceptors (Lipinski definition) is 4. The fraction of sp³-hybridized carbons (Fsp3) is 0.611. The molecule has 0 saturated carbocycles. The quantitative estimate of drug-likeness (QED) is 0.926. The minimum atomic E-state index is 0.855. The molecule has 1 N–H and O–H groups in total. The van der Waals surface area contributed by atoms with Gasteiger partial charge >= 0.3 is 0 Å². The van der Waals surface area contributed by atoms with Crippen LogP contribution in [0.5, 0.6) is 0 Å². The fourth-order valence-electron chi connectivity index (χ4n) is 3.22. The van der Waals surface area contributed by atoms with Crippen LogP contribution in [0, 0.1) is 5.92 Å². The summed E-state index contributed by atoms with van der Waals surface area (Å²) in [6.45, 7) is 8.72.